The van der Waals surface area contributed by atoms with E-state index in [9.17, 15) is 8.78 Å². The molecule has 0 aliphatic rings. The molecule has 0 unspecified atom stereocenters. The minimum atomic E-state index is -0.525. The second-order valence-corrected chi connectivity index (χ2v) is 4.88. The van der Waals surface area contributed by atoms with Crippen LogP contribution in [0.15, 0.2) is 28.8 Å². The smallest absolute Gasteiger partial charge is 0.143 e. The highest BCUT2D eigenvalue weighted by Gasteiger charge is 2.10. The molecule has 0 bridgehead atoms. The Labute approximate surface area is 121 Å². The van der Waals surface area contributed by atoms with Gasteiger partial charge in [0.2, 0.25) is 0 Å². The first-order chi connectivity index (χ1) is 9.16. The van der Waals surface area contributed by atoms with Crippen molar-refractivity contribution in [2.75, 3.05) is 26.8 Å². The lowest BCUT2D eigenvalue weighted by molar-refractivity contribution is 0.199. The Hall–Kier alpha value is -0.780. The molecule has 106 valence electrons. The minimum Gasteiger partial charge on any atom is -0.383 e. The molecule has 0 fully saturated rings. The van der Waals surface area contributed by atoms with Gasteiger partial charge in [-0.15, -0.1) is 0 Å². The summed E-state index contributed by atoms with van der Waals surface area (Å²) in [6, 6.07) is 2.64. The van der Waals surface area contributed by atoms with E-state index in [4.69, 9.17) is 4.74 Å². The molecule has 0 atom stereocenters. The maximum Gasteiger partial charge on any atom is 0.143 e. The monoisotopic (exact) mass is 333 g/mol. The van der Waals surface area contributed by atoms with Crippen LogP contribution in [-0.2, 0) is 11.2 Å². The van der Waals surface area contributed by atoms with Crippen molar-refractivity contribution in [3.8, 4) is 0 Å². The van der Waals surface area contributed by atoms with E-state index in [2.05, 4.69) is 21.2 Å². The van der Waals surface area contributed by atoms with E-state index in [0.717, 1.165) is 19.5 Å². The summed E-state index contributed by atoms with van der Waals surface area (Å²) in [7, 11) is 1.66. The van der Waals surface area contributed by atoms with Crippen LogP contribution in [0, 0.1) is 11.6 Å². The summed E-state index contributed by atoms with van der Waals surface area (Å²) in [4.78, 5) is 0. The van der Waals surface area contributed by atoms with Crippen LogP contribution in [0.25, 0.3) is 0 Å². The number of nitrogens with one attached hydrogen (secondary N) is 1. The summed E-state index contributed by atoms with van der Waals surface area (Å²) in [6.07, 6.45) is 4.78. The fraction of sp³-hybridized carbons (Fsp3) is 0.429. The maximum absolute atomic E-state index is 13.6. The average Bonchev–Trinajstić information content (AvgIpc) is 2.40. The van der Waals surface area contributed by atoms with E-state index < -0.39 is 11.6 Å². The summed E-state index contributed by atoms with van der Waals surface area (Å²) >= 11 is 3.05. The lowest BCUT2D eigenvalue weighted by Gasteiger charge is -2.04. The third kappa shape index (κ3) is 5.80. The zero-order chi connectivity index (χ0) is 14.1. The highest BCUT2D eigenvalue weighted by atomic mass is 79.9. The van der Waals surface area contributed by atoms with Crippen LogP contribution in [0.2, 0.25) is 0 Å². The molecule has 19 heavy (non-hydrogen) atoms. The van der Waals surface area contributed by atoms with Gasteiger partial charge in [-0.3, -0.25) is 0 Å². The second-order valence-electron chi connectivity index (χ2n) is 4.03. The Morgan fingerprint density at radius 2 is 2.05 bits per heavy atom. The number of hydrogen-bond acceptors (Lipinski definition) is 2. The molecule has 2 nitrogen and oxygen atoms in total. The fourth-order valence-corrected chi connectivity index (χ4v) is 1.93. The van der Waals surface area contributed by atoms with Gasteiger partial charge in [-0.1, -0.05) is 12.2 Å². The van der Waals surface area contributed by atoms with E-state index in [-0.39, 0.29) is 12.0 Å². The van der Waals surface area contributed by atoms with Gasteiger partial charge in [-0.05, 0) is 47.4 Å². The molecule has 1 rings (SSSR count). The third-order valence-corrected chi connectivity index (χ3v) is 3.21. The van der Waals surface area contributed by atoms with Crippen molar-refractivity contribution in [2.45, 2.75) is 12.8 Å². The van der Waals surface area contributed by atoms with Crippen LogP contribution in [0.5, 0.6) is 0 Å². The summed E-state index contributed by atoms with van der Waals surface area (Å²) in [5.74, 6) is -1.04. The minimum absolute atomic E-state index is 0.0953. The third-order valence-electron chi connectivity index (χ3n) is 2.60. The molecule has 0 amide bonds. The summed E-state index contributed by atoms with van der Waals surface area (Å²) in [6.45, 7) is 2.31. The topological polar surface area (TPSA) is 21.3 Å². The molecule has 0 aromatic heterocycles. The van der Waals surface area contributed by atoms with E-state index in [1.165, 1.54) is 12.1 Å². The first kappa shape index (κ1) is 16.3. The maximum atomic E-state index is 13.6. The van der Waals surface area contributed by atoms with E-state index in [1.807, 2.05) is 6.08 Å². The Morgan fingerprint density at radius 1 is 1.26 bits per heavy atom. The van der Waals surface area contributed by atoms with Crippen molar-refractivity contribution in [1.29, 1.82) is 0 Å². The first-order valence-corrected chi connectivity index (χ1v) is 6.93. The standard InChI is InChI=1S/C14H18BrF2NO/c1-19-10-9-18-8-4-2-3-5-11-13(16)7-6-12(15)14(11)17/h2-3,6-7,18H,4-5,8-10H2,1H3/b3-2+. The molecule has 0 radical (unpaired) electrons. The lowest BCUT2D eigenvalue weighted by atomic mass is 10.1. The summed E-state index contributed by atoms with van der Waals surface area (Å²) in [5.41, 5.74) is 0.0953. The van der Waals surface area contributed by atoms with Gasteiger partial charge in [0.25, 0.3) is 0 Å². The molecule has 1 aromatic carbocycles. The zero-order valence-corrected chi connectivity index (χ0v) is 12.5. The van der Waals surface area contributed by atoms with Crippen molar-refractivity contribution in [3.05, 3.63) is 46.0 Å². The molecule has 1 N–H and O–H groups in total. The molecule has 0 spiro atoms. The molecule has 0 aliphatic carbocycles. The predicted octanol–water partition coefficient (Wildman–Crippen LogP) is 3.45. The molecular weight excluding hydrogens is 316 g/mol. The first-order valence-electron chi connectivity index (χ1n) is 6.14. The fourth-order valence-electron chi connectivity index (χ4n) is 1.56. The molecular formula is C14H18BrF2NO. The quantitative estimate of drug-likeness (QED) is 0.447. The normalized spacial score (nSPS) is 11.4. The van der Waals surface area contributed by atoms with Crippen LogP contribution in [0.1, 0.15) is 12.0 Å². The van der Waals surface area contributed by atoms with Crippen molar-refractivity contribution < 1.29 is 13.5 Å². The van der Waals surface area contributed by atoms with Gasteiger partial charge < -0.3 is 10.1 Å². The summed E-state index contributed by atoms with van der Waals surface area (Å²) in [5, 5.41) is 3.18. The van der Waals surface area contributed by atoms with Crippen molar-refractivity contribution in [3.63, 3.8) is 0 Å². The second kappa shape index (κ2) is 9.18. The summed E-state index contributed by atoms with van der Waals surface area (Å²) < 4.78 is 32.2. The highest BCUT2D eigenvalue weighted by molar-refractivity contribution is 9.10. The number of rotatable bonds is 8. The Morgan fingerprint density at radius 3 is 2.79 bits per heavy atom. The number of ether oxygens (including phenoxy) is 1. The van der Waals surface area contributed by atoms with Gasteiger partial charge in [0.15, 0.2) is 0 Å². The number of methoxy groups -OCH3 is 1. The van der Waals surface area contributed by atoms with Gasteiger partial charge in [-0.25, -0.2) is 8.78 Å². The number of hydrogen-bond donors (Lipinski definition) is 1. The van der Waals surface area contributed by atoms with E-state index >= 15 is 0 Å². The van der Waals surface area contributed by atoms with Crippen molar-refractivity contribution in [1.82, 2.24) is 5.32 Å². The van der Waals surface area contributed by atoms with Gasteiger partial charge in [0.1, 0.15) is 11.6 Å². The molecule has 1 aromatic rings. The molecule has 0 aliphatic heterocycles. The number of allylic oxidation sites excluding steroid dienone is 1. The Balaban J connectivity index is 2.34. The van der Waals surface area contributed by atoms with E-state index in [1.54, 1.807) is 13.2 Å². The van der Waals surface area contributed by atoms with Crippen LogP contribution in [0.4, 0.5) is 8.78 Å². The van der Waals surface area contributed by atoms with Gasteiger partial charge in [0, 0.05) is 19.2 Å². The van der Waals surface area contributed by atoms with E-state index in [0.29, 0.717) is 11.1 Å². The molecule has 0 saturated heterocycles. The average molecular weight is 334 g/mol. The van der Waals surface area contributed by atoms with Gasteiger partial charge in [0.05, 0.1) is 11.1 Å². The molecule has 5 heteroatoms. The lowest BCUT2D eigenvalue weighted by Crippen LogP contribution is -2.19. The number of halogens is 3. The predicted molar refractivity (Wildman–Crippen MR) is 76.3 cm³/mol. The highest BCUT2D eigenvalue weighted by Crippen LogP contribution is 2.22. The van der Waals surface area contributed by atoms with Gasteiger partial charge in [-0.2, -0.15) is 0 Å². The van der Waals surface area contributed by atoms with Crippen LogP contribution >= 0.6 is 15.9 Å². The molecule has 0 heterocycles. The Bertz CT molecular complexity index is 424. The largest absolute Gasteiger partial charge is 0.383 e. The zero-order valence-electron chi connectivity index (χ0n) is 10.9. The van der Waals surface area contributed by atoms with Gasteiger partial charge >= 0.3 is 0 Å². The van der Waals surface area contributed by atoms with Crippen LogP contribution in [0.3, 0.4) is 0 Å². The SMILES string of the molecule is COCCNCC/C=C/Cc1c(F)ccc(Br)c1F. The van der Waals surface area contributed by atoms with Crippen molar-refractivity contribution in [2.24, 2.45) is 0 Å². The van der Waals surface area contributed by atoms with Crippen LogP contribution < -0.4 is 5.32 Å². The van der Waals surface area contributed by atoms with Crippen molar-refractivity contribution >= 4 is 15.9 Å². The number of benzene rings is 1. The van der Waals surface area contributed by atoms with Crippen LogP contribution in [-0.4, -0.2) is 26.8 Å². The Kier molecular flexibility index (Phi) is 7.86. The molecule has 0 saturated carbocycles.